The van der Waals surface area contributed by atoms with Crippen LogP contribution in [-0.2, 0) is 0 Å². The van der Waals surface area contributed by atoms with Crippen LogP contribution >= 0.6 is 11.8 Å². The van der Waals surface area contributed by atoms with E-state index in [1.807, 2.05) is 18.7 Å². The number of nitrogens with zero attached hydrogens (tertiary/aromatic N) is 4. The molecule has 1 aromatic rings. The molecule has 0 atom stereocenters. The average Bonchev–Trinajstić information content (AvgIpc) is 2.40. The van der Waals surface area contributed by atoms with Crippen molar-refractivity contribution in [1.82, 2.24) is 15.0 Å². The first-order valence-electron chi connectivity index (χ1n) is 5.70. The molecule has 17 heavy (non-hydrogen) atoms. The van der Waals surface area contributed by atoms with E-state index in [4.69, 9.17) is 4.74 Å². The van der Waals surface area contributed by atoms with Gasteiger partial charge >= 0.3 is 6.01 Å². The van der Waals surface area contributed by atoms with E-state index in [0.717, 1.165) is 31.1 Å². The molecule has 1 aliphatic heterocycles. The van der Waals surface area contributed by atoms with E-state index in [9.17, 15) is 0 Å². The summed E-state index contributed by atoms with van der Waals surface area (Å²) in [4.78, 5) is 15.0. The normalized spacial score (nSPS) is 15.8. The minimum Gasteiger partial charge on any atom is -0.467 e. The predicted octanol–water partition coefficient (Wildman–Crippen LogP) is 0.865. The van der Waals surface area contributed by atoms with Crippen molar-refractivity contribution in [3.8, 4) is 6.01 Å². The van der Waals surface area contributed by atoms with Gasteiger partial charge in [-0.25, -0.2) is 0 Å². The molecule has 0 unspecified atom stereocenters. The Morgan fingerprint density at radius 3 is 2.71 bits per heavy atom. The summed E-state index contributed by atoms with van der Waals surface area (Å²) in [6.45, 7) is 4.74. The second-order valence-corrected chi connectivity index (χ2v) is 4.80. The first kappa shape index (κ1) is 12.2. The fourth-order valence-corrected chi connectivity index (χ4v) is 2.48. The van der Waals surface area contributed by atoms with Crippen molar-refractivity contribution in [2.24, 2.45) is 0 Å². The molecule has 7 heteroatoms. The van der Waals surface area contributed by atoms with Gasteiger partial charge < -0.3 is 15.0 Å². The van der Waals surface area contributed by atoms with E-state index >= 15 is 0 Å². The predicted molar refractivity (Wildman–Crippen MR) is 70.1 cm³/mol. The van der Waals surface area contributed by atoms with Crippen LogP contribution in [0, 0.1) is 0 Å². The lowest BCUT2D eigenvalue weighted by atomic mass is 10.5. The summed E-state index contributed by atoms with van der Waals surface area (Å²) >= 11 is 1.96. The van der Waals surface area contributed by atoms with Crippen LogP contribution in [0.2, 0.25) is 0 Å². The fourth-order valence-electron chi connectivity index (χ4n) is 1.58. The molecular formula is C10H17N5OS. The first-order chi connectivity index (χ1) is 8.33. The molecule has 0 saturated carbocycles. The molecule has 94 valence electrons. The highest BCUT2D eigenvalue weighted by molar-refractivity contribution is 7.99. The lowest BCUT2D eigenvalue weighted by molar-refractivity contribution is 0.378. The molecule has 0 aromatic carbocycles. The monoisotopic (exact) mass is 255 g/mol. The van der Waals surface area contributed by atoms with Crippen LogP contribution in [-0.4, -0.2) is 53.2 Å². The summed E-state index contributed by atoms with van der Waals surface area (Å²) in [5.41, 5.74) is 0. The quantitative estimate of drug-likeness (QED) is 0.856. The maximum Gasteiger partial charge on any atom is 0.322 e. The Labute approximate surface area is 105 Å². The summed E-state index contributed by atoms with van der Waals surface area (Å²) in [5, 5.41) is 3.09. The van der Waals surface area contributed by atoms with Crippen molar-refractivity contribution < 1.29 is 4.74 Å². The van der Waals surface area contributed by atoms with E-state index < -0.39 is 0 Å². The van der Waals surface area contributed by atoms with E-state index in [1.54, 1.807) is 7.11 Å². The number of rotatable bonds is 4. The van der Waals surface area contributed by atoms with Crippen molar-refractivity contribution in [3.05, 3.63) is 0 Å². The smallest absolute Gasteiger partial charge is 0.322 e. The van der Waals surface area contributed by atoms with Crippen molar-refractivity contribution >= 4 is 23.7 Å². The zero-order chi connectivity index (χ0) is 12.1. The van der Waals surface area contributed by atoms with Gasteiger partial charge in [-0.15, -0.1) is 0 Å². The average molecular weight is 255 g/mol. The van der Waals surface area contributed by atoms with Crippen molar-refractivity contribution in [1.29, 1.82) is 0 Å². The number of hydrogen-bond acceptors (Lipinski definition) is 7. The van der Waals surface area contributed by atoms with E-state index in [2.05, 4.69) is 25.2 Å². The van der Waals surface area contributed by atoms with Gasteiger partial charge in [-0.3, -0.25) is 0 Å². The summed E-state index contributed by atoms with van der Waals surface area (Å²) in [6, 6.07) is 0.365. The molecular weight excluding hydrogens is 238 g/mol. The zero-order valence-corrected chi connectivity index (χ0v) is 11.0. The Morgan fingerprint density at radius 1 is 1.29 bits per heavy atom. The minimum atomic E-state index is 0.365. The largest absolute Gasteiger partial charge is 0.467 e. The number of hydrogen-bond donors (Lipinski definition) is 1. The summed E-state index contributed by atoms with van der Waals surface area (Å²) in [7, 11) is 1.57. The Hall–Kier alpha value is -1.24. The van der Waals surface area contributed by atoms with Crippen LogP contribution in [0.5, 0.6) is 6.01 Å². The van der Waals surface area contributed by atoms with Gasteiger partial charge in [-0.1, -0.05) is 0 Å². The van der Waals surface area contributed by atoms with Gasteiger partial charge in [0, 0.05) is 31.1 Å². The molecule has 0 radical (unpaired) electrons. The van der Waals surface area contributed by atoms with Gasteiger partial charge in [0.25, 0.3) is 0 Å². The van der Waals surface area contributed by atoms with Crippen molar-refractivity contribution in [2.75, 3.05) is 48.5 Å². The van der Waals surface area contributed by atoms with Gasteiger partial charge in [-0.2, -0.15) is 26.7 Å². The molecule has 0 spiro atoms. The van der Waals surface area contributed by atoms with Gasteiger partial charge in [0.1, 0.15) is 0 Å². The molecule has 1 aliphatic rings. The molecule has 6 nitrogen and oxygen atoms in total. The molecule has 1 aromatic heterocycles. The third kappa shape index (κ3) is 3.12. The number of thioether (sulfide) groups is 1. The molecule has 0 aliphatic carbocycles. The van der Waals surface area contributed by atoms with Gasteiger partial charge in [0.15, 0.2) is 0 Å². The van der Waals surface area contributed by atoms with Crippen LogP contribution in [0.3, 0.4) is 0 Å². The number of anilines is 2. The molecule has 1 saturated heterocycles. The van der Waals surface area contributed by atoms with Crippen LogP contribution in [0.25, 0.3) is 0 Å². The molecule has 1 N–H and O–H groups in total. The maximum atomic E-state index is 5.10. The summed E-state index contributed by atoms with van der Waals surface area (Å²) < 4.78 is 5.10. The Morgan fingerprint density at radius 2 is 2.06 bits per heavy atom. The Bertz CT molecular complexity index is 370. The SMILES string of the molecule is CCNc1nc(OC)nc(N2CCSCC2)n1. The standard InChI is InChI=1S/C10H17N5OS/c1-3-11-8-12-9(14-10(13-8)16-2)15-4-6-17-7-5-15/h3-7H2,1-2H3,(H,11,12,13,14). The van der Waals surface area contributed by atoms with Crippen molar-refractivity contribution in [3.63, 3.8) is 0 Å². The molecule has 2 rings (SSSR count). The van der Waals surface area contributed by atoms with Gasteiger partial charge in [0.2, 0.25) is 11.9 Å². The third-order valence-corrected chi connectivity index (χ3v) is 3.36. The molecule has 0 amide bonds. The Balaban J connectivity index is 2.21. The zero-order valence-electron chi connectivity index (χ0n) is 10.1. The lowest BCUT2D eigenvalue weighted by Gasteiger charge is -2.26. The topological polar surface area (TPSA) is 63.2 Å². The van der Waals surface area contributed by atoms with Crippen molar-refractivity contribution in [2.45, 2.75) is 6.92 Å². The fraction of sp³-hybridized carbons (Fsp3) is 0.700. The second kappa shape index (κ2) is 5.90. The summed E-state index contributed by atoms with van der Waals surface area (Å²) in [5.74, 6) is 3.51. The highest BCUT2D eigenvalue weighted by Gasteiger charge is 2.16. The second-order valence-electron chi connectivity index (χ2n) is 3.58. The van der Waals surface area contributed by atoms with Crippen LogP contribution in [0.1, 0.15) is 6.92 Å². The lowest BCUT2D eigenvalue weighted by Crippen LogP contribution is -2.34. The van der Waals surface area contributed by atoms with Gasteiger partial charge in [0.05, 0.1) is 7.11 Å². The minimum absolute atomic E-state index is 0.365. The highest BCUT2D eigenvalue weighted by Crippen LogP contribution is 2.18. The highest BCUT2D eigenvalue weighted by atomic mass is 32.2. The van der Waals surface area contributed by atoms with E-state index in [1.165, 1.54) is 0 Å². The molecule has 0 bridgehead atoms. The maximum absolute atomic E-state index is 5.10. The van der Waals surface area contributed by atoms with Crippen LogP contribution in [0.4, 0.5) is 11.9 Å². The Kier molecular flexibility index (Phi) is 4.24. The van der Waals surface area contributed by atoms with Crippen LogP contribution in [0.15, 0.2) is 0 Å². The number of aromatic nitrogens is 3. The van der Waals surface area contributed by atoms with E-state index in [0.29, 0.717) is 17.9 Å². The number of methoxy groups -OCH3 is 1. The van der Waals surface area contributed by atoms with E-state index in [-0.39, 0.29) is 0 Å². The number of nitrogens with one attached hydrogen (secondary N) is 1. The third-order valence-electron chi connectivity index (χ3n) is 2.41. The molecule has 1 fully saturated rings. The summed E-state index contributed by atoms with van der Waals surface area (Å²) in [6.07, 6.45) is 0. The van der Waals surface area contributed by atoms with Crippen LogP contribution < -0.4 is 15.0 Å². The van der Waals surface area contributed by atoms with Gasteiger partial charge in [-0.05, 0) is 6.92 Å². The first-order valence-corrected chi connectivity index (χ1v) is 6.85. The molecule has 2 heterocycles. The number of ether oxygens (including phenoxy) is 1.